The van der Waals surface area contributed by atoms with E-state index in [1.54, 1.807) is 11.0 Å². The lowest BCUT2D eigenvalue weighted by atomic mass is 9.99. The molecule has 1 heterocycles. The largest absolute Gasteiger partial charge is 0.345 e. The number of nitrogens with zero attached hydrogens (tertiary/aromatic N) is 1. The predicted octanol–water partition coefficient (Wildman–Crippen LogP) is 1.65. The van der Waals surface area contributed by atoms with E-state index in [0.717, 1.165) is 5.56 Å². The summed E-state index contributed by atoms with van der Waals surface area (Å²) >= 11 is 0. The van der Waals surface area contributed by atoms with Crippen LogP contribution in [0.2, 0.25) is 0 Å². The summed E-state index contributed by atoms with van der Waals surface area (Å²) in [5, 5.41) is 2.65. The van der Waals surface area contributed by atoms with E-state index in [1.807, 2.05) is 37.3 Å². The minimum Gasteiger partial charge on any atom is -0.345 e. The summed E-state index contributed by atoms with van der Waals surface area (Å²) in [6.45, 7) is 5.71. The fourth-order valence-corrected chi connectivity index (χ4v) is 2.42. The summed E-state index contributed by atoms with van der Waals surface area (Å²) in [6.07, 6.45) is 2.44. The normalized spacial score (nSPS) is 20.9. The molecule has 1 aliphatic rings. The van der Waals surface area contributed by atoms with Crippen LogP contribution in [0.1, 0.15) is 24.9 Å². The van der Waals surface area contributed by atoms with Crippen LogP contribution in [-0.4, -0.2) is 29.3 Å². The monoisotopic (exact) mass is 258 g/mol. The SMILES string of the molecule is C=CCC(C)N1C(=O)CNC(=O)C1c1ccccc1. The first kappa shape index (κ1) is 13.3. The van der Waals surface area contributed by atoms with Crippen molar-refractivity contribution in [2.75, 3.05) is 6.54 Å². The molecular formula is C15H18N2O2. The first-order valence-corrected chi connectivity index (χ1v) is 6.40. The summed E-state index contributed by atoms with van der Waals surface area (Å²) in [6, 6.07) is 8.80. The molecule has 2 unspecified atom stereocenters. The Kier molecular flexibility index (Phi) is 4.00. The second kappa shape index (κ2) is 5.69. The number of nitrogens with one attached hydrogen (secondary N) is 1. The number of rotatable bonds is 4. The van der Waals surface area contributed by atoms with Gasteiger partial charge in [-0.2, -0.15) is 0 Å². The van der Waals surface area contributed by atoms with Crippen molar-refractivity contribution in [1.29, 1.82) is 0 Å². The van der Waals surface area contributed by atoms with Crippen molar-refractivity contribution in [3.63, 3.8) is 0 Å². The van der Waals surface area contributed by atoms with Crippen molar-refractivity contribution in [1.82, 2.24) is 10.2 Å². The van der Waals surface area contributed by atoms with Crippen LogP contribution in [0.5, 0.6) is 0 Å². The Morgan fingerprint density at radius 2 is 2.11 bits per heavy atom. The van der Waals surface area contributed by atoms with Crippen molar-refractivity contribution in [3.8, 4) is 0 Å². The van der Waals surface area contributed by atoms with E-state index in [-0.39, 0.29) is 24.4 Å². The molecule has 0 aliphatic carbocycles. The molecule has 1 saturated heterocycles. The Hall–Kier alpha value is -2.10. The smallest absolute Gasteiger partial charge is 0.247 e. The highest BCUT2D eigenvalue weighted by Crippen LogP contribution is 2.26. The highest BCUT2D eigenvalue weighted by molar-refractivity contribution is 5.95. The number of piperazine rings is 1. The molecule has 1 aromatic carbocycles. The van der Waals surface area contributed by atoms with Gasteiger partial charge in [0.15, 0.2) is 0 Å². The summed E-state index contributed by atoms with van der Waals surface area (Å²) in [5.74, 6) is -0.176. The van der Waals surface area contributed by atoms with Gasteiger partial charge in [0, 0.05) is 6.04 Å². The van der Waals surface area contributed by atoms with E-state index in [9.17, 15) is 9.59 Å². The number of amides is 2. The van der Waals surface area contributed by atoms with Gasteiger partial charge >= 0.3 is 0 Å². The van der Waals surface area contributed by atoms with Gasteiger partial charge in [0.05, 0.1) is 6.54 Å². The minimum atomic E-state index is -0.544. The second-order valence-corrected chi connectivity index (χ2v) is 4.71. The van der Waals surface area contributed by atoms with Crippen LogP contribution in [0.4, 0.5) is 0 Å². The van der Waals surface area contributed by atoms with Gasteiger partial charge in [-0.25, -0.2) is 0 Å². The molecule has 0 radical (unpaired) electrons. The maximum atomic E-state index is 12.1. The second-order valence-electron chi connectivity index (χ2n) is 4.71. The molecule has 2 rings (SSSR count). The zero-order valence-corrected chi connectivity index (χ0v) is 11.0. The van der Waals surface area contributed by atoms with Gasteiger partial charge in [-0.15, -0.1) is 6.58 Å². The number of hydrogen-bond acceptors (Lipinski definition) is 2. The molecule has 19 heavy (non-hydrogen) atoms. The van der Waals surface area contributed by atoms with Gasteiger partial charge in [0.25, 0.3) is 0 Å². The van der Waals surface area contributed by atoms with Gasteiger partial charge in [-0.3, -0.25) is 9.59 Å². The fourth-order valence-electron chi connectivity index (χ4n) is 2.42. The molecule has 0 bridgehead atoms. The summed E-state index contributed by atoms with van der Waals surface area (Å²) in [5.41, 5.74) is 0.837. The van der Waals surface area contributed by atoms with Gasteiger partial charge in [-0.1, -0.05) is 36.4 Å². The number of benzene rings is 1. The van der Waals surface area contributed by atoms with Gasteiger partial charge < -0.3 is 10.2 Å². The lowest BCUT2D eigenvalue weighted by Crippen LogP contribution is -2.56. The first-order valence-electron chi connectivity index (χ1n) is 6.40. The predicted molar refractivity (Wildman–Crippen MR) is 73.3 cm³/mol. The number of hydrogen-bond donors (Lipinski definition) is 1. The van der Waals surface area contributed by atoms with E-state index in [4.69, 9.17) is 0 Å². The van der Waals surface area contributed by atoms with E-state index >= 15 is 0 Å². The number of carbonyl (C=O) groups excluding carboxylic acids is 2. The summed E-state index contributed by atoms with van der Waals surface area (Å²) < 4.78 is 0. The third kappa shape index (κ3) is 2.67. The molecule has 1 fully saturated rings. The quantitative estimate of drug-likeness (QED) is 0.835. The van der Waals surface area contributed by atoms with E-state index in [0.29, 0.717) is 6.42 Å². The lowest BCUT2D eigenvalue weighted by molar-refractivity contribution is -0.148. The van der Waals surface area contributed by atoms with Crippen LogP contribution in [0.15, 0.2) is 43.0 Å². The average molecular weight is 258 g/mol. The third-order valence-corrected chi connectivity index (χ3v) is 3.33. The van der Waals surface area contributed by atoms with Crippen LogP contribution in [0.25, 0.3) is 0 Å². The molecule has 0 saturated carbocycles. The van der Waals surface area contributed by atoms with Crippen molar-refractivity contribution in [2.45, 2.75) is 25.4 Å². The molecule has 1 N–H and O–H groups in total. The van der Waals surface area contributed by atoms with E-state index in [1.165, 1.54) is 0 Å². The van der Waals surface area contributed by atoms with Gasteiger partial charge in [0.2, 0.25) is 11.8 Å². The zero-order chi connectivity index (χ0) is 13.8. The molecule has 0 aromatic heterocycles. The Morgan fingerprint density at radius 3 is 2.74 bits per heavy atom. The van der Waals surface area contributed by atoms with Crippen LogP contribution >= 0.6 is 0 Å². The topological polar surface area (TPSA) is 49.4 Å². The van der Waals surface area contributed by atoms with Crippen molar-refractivity contribution >= 4 is 11.8 Å². The molecule has 1 aliphatic heterocycles. The van der Waals surface area contributed by atoms with Crippen LogP contribution < -0.4 is 5.32 Å². The Labute approximate surface area is 113 Å². The Balaban J connectivity index is 2.36. The molecule has 1 aromatic rings. The van der Waals surface area contributed by atoms with Crippen LogP contribution in [0, 0.1) is 0 Å². The average Bonchev–Trinajstić information content (AvgIpc) is 2.42. The van der Waals surface area contributed by atoms with Crippen molar-refractivity contribution in [3.05, 3.63) is 48.6 Å². The maximum Gasteiger partial charge on any atom is 0.247 e. The van der Waals surface area contributed by atoms with Crippen LogP contribution in [-0.2, 0) is 9.59 Å². The zero-order valence-electron chi connectivity index (χ0n) is 11.0. The lowest BCUT2D eigenvalue weighted by Gasteiger charge is -2.39. The Bertz CT molecular complexity index is 484. The standard InChI is InChI=1S/C15H18N2O2/c1-3-7-11(2)17-13(18)10-16-15(19)14(17)12-8-5-4-6-9-12/h3-6,8-9,11,14H,1,7,10H2,2H3,(H,16,19). The molecule has 2 atom stereocenters. The maximum absolute atomic E-state index is 12.1. The molecule has 4 nitrogen and oxygen atoms in total. The van der Waals surface area contributed by atoms with Crippen molar-refractivity contribution in [2.24, 2.45) is 0 Å². The van der Waals surface area contributed by atoms with Gasteiger partial charge in [0.1, 0.15) is 6.04 Å². The fraction of sp³-hybridized carbons (Fsp3) is 0.333. The molecule has 4 heteroatoms. The van der Waals surface area contributed by atoms with E-state index < -0.39 is 6.04 Å². The first-order chi connectivity index (χ1) is 9.15. The Morgan fingerprint density at radius 1 is 1.42 bits per heavy atom. The summed E-state index contributed by atoms with van der Waals surface area (Å²) in [4.78, 5) is 25.9. The number of carbonyl (C=O) groups is 2. The highest BCUT2D eigenvalue weighted by atomic mass is 16.2. The highest BCUT2D eigenvalue weighted by Gasteiger charge is 2.37. The minimum absolute atomic E-state index is 0.0405. The van der Waals surface area contributed by atoms with Gasteiger partial charge in [-0.05, 0) is 18.9 Å². The molecule has 100 valence electrons. The van der Waals surface area contributed by atoms with Crippen LogP contribution in [0.3, 0.4) is 0 Å². The molecular weight excluding hydrogens is 240 g/mol. The van der Waals surface area contributed by atoms with E-state index in [2.05, 4.69) is 11.9 Å². The third-order valence-electron chi connectivity index (χ3n) is 3.33. The molecule has 0 spiro atoms. The van der Waals surface area contributed by atoms with Crippen molar-refractivity contribution < 1.29 is 9.59 Å². The summed E-state index contributed by atoms with van der Waals surface area (Å²) in [7, 11) is 0. The molecule has 2 amide bonds.